The molecule has 0 spiro atoms. The minimum absolute atomic E-state index is 0.0250. The first-order valence-electron chi connectivity index (χ1n) is 8.01. The second-order valence-corrected chi connectivity index (χ2v) is 8.51. The van der Waals surface area contributed by atoms with E-state index in [1.807, 2.05) is 20.8 Å². The van der Waals surface area contributed by atoms with E-state index in [1.165, 1.54) is 18.2 Å². The molecule has 1 aromatic carbocycles. The summed E-state index contributed by atoms with van der Waals surface area (Å²) < 4.78 is 27.8. The molecular weight excluding hydrogens is 330 g/mol. The highest BCUT2D eigenvalue weighted by Crippen LogP contribution is 2.35. The van der Waals surface area contributed by atoms with Gasteiger partial charge in [0.05, 0.1) is 15.8 Å². The Hall–Kier alpha value is -1.93. The van der Waals surface area contributed by atoms with Gasteiger partial charge in [0.1, 0.15) is 0 Å². The van der Waals surface area contributed by atoms with Gasteiger partial charge in [0.2, 0.25) is 10.0 Å². The van der Waals surface area contributed by atoms with E-state index >= 15 is 0 Å². The van der Waals surface area contributed by atoms with Crippen molar-refractivity contribution in [3.05, 3.63) is 39.0 Å². The topological polar surface area (TPSA) is 103 Å². The number of hydrogen-bond acceptors (Lipinski definition) is 4. The van der Waals surface area contributed by atoms with Gasteiger partial charge in [-0.3, -0.25) is 9.78 Å². The number of rotatable bonds is 5. The maximum absolute atomic E-state index is 13.1. The molecule has 3 rings (SSSR count). The number of aromatic amines is 2. The summed E-state index contributed by atoms with van der Waals surface area (Å²) in [6, 6.07) is 4.13. The molecule has 1 fully saturated rings. The lowest BCUT2D eigenvalue weighted by atomic mass is 10.1. The molecule has 1 heterocycles. The van der Waals surface area contributed by atoms with E-state index in [2.05, 4.69) is 9.97 Å². The van der Waals surface area contributed by atoms with Gasteiger partial charge in [-0.2, -0.15) is 4.31 Å². The van der Waals surface area contributed by atoms with Crippen LogP contribution in [0.25, 0.3) is 10.9 Å². The molecule has 2 aromatic rings. The minimum atomic E-state index is -3.71. The number of fused-ring (bicyclic) bond motifs is 1. The Labute approximate surface area is 139 Å². The van der Waals surface area contributed by atoms with Crippen molar-refractivity contribution in [1.29, 1.82) is 0 Å². The Balaban J connectivity index is 2.13. The number of hydrogen-bond donors (Lipinski definition) is 2. The lowest BCUT2D eigenvalue weighted by Gasteiger charge is -2.31. The van der Waals surface area contributed by atoms with Crippen LogP contribution in [0, 0.1) is 5.92 Å². The molecular formula is C16H21N3O4S. The molecule has 0 aliphatic heterocycles. The van der Waals surface area contributed by atoms with Crippen molar-refractivity contribution in [3.8, 4) is 0 Å². The molecule has 1 aliphatic carbocycles. The quantitative estimate of drug-likeness (QED) is 0.850. The average molecular weight is 351 g/mol. The van der Waals surface area contributed by atoms with Crippen LogP contribution in [0.15, 0.2) is 32.7 Å². The molecule has 7 nitrogen and oxygen atoms in total. The third-order valence-electron chi connectivity index (χ3n) is 4.56. The van der Waals surface area contributed by atoms with Crippen LogP contribution in [0.1, 0.15) is 33.6 Å². The van der Waals surface area contributed by atoms with E-state index in [9.17, 15) is 18.0 Å². The highest BCUT2D eigenvalue weighted by molar-refractivity contribution is 7.89. The summed E-state index contributed by atoms with van der Waals surface area (Å²) in [6.07, 6.45) is 1.72. The van der Waals surface area contributed by atoms with Gasteiger partial charge in [-0.1, -0.05) is 13.8 Å². The van der Waals surface area contributed by atoms with Gasteiger partial charge >= 0.3 is 5.69 Å². The summed E-state index contributed by atoms with van der Waals surface area (Å²) in [7, 11) is -3.71. The number of aromatic nitrogens is 2. The first kappa shape index (κ1) is 16.9. The fourth-order valence-corrected chi connectivity index (χ4v) is 4.83. The van der Waals surface area contributed by atoms with Gasteiger partial charge in [0.25, 0.3) is 5.56 Å². The maximum Gasteiger partial charge on any atom is 0.326 e. The summed E-state index contributed by atoms with van der Waals surface area (Å²) in [5.41, 5.74) is -0.894. The fraction of sp³-hybridized carbons (Fsp3) is 0.500. The molecule has 0 radical (unpaired) electrons. The fourth-order valence-electron chi connectivity index (χ4n) is 2.80. The second kappa shape index (κ2) is 5.86. The van der Waals surface area contributed by atoms with Crippen molar-refractivity contribution in [1.82, 2.24) is 14.3 Å². The Bertz CT molecular complexity index is 986. The second-order valence-electron chi connectivity index (χ2n) is 6.67. The molecule has 2 N–H and O–H groups in total. The van der Waals surface area contributed by atoms with Crippen molar-refractivity contribution in [2.45, 2.75) is 50.6 Å². The molecule has 1 aromatic heterocycles. The van der Waals surface area contributed by atoms with Gasteiger partial charge in [-0.05, 0) is 43.9 Å². The lowest BCUT2D eigenvalue weighted by Crippen LogP contribution is -2.43. The van der Waals surface area contributed by atoms with Crippen LogP contribution < -0.4 is 11.2 Å². The zero-order valence-corrected chi connectivity index (χ0v) is 14.7. The van der Waals surface area contributed by atoms with Crippen molar-refractivity contribution in [2.75, 3.05) is 0 Å². The number of H-pyrrole nitrogens is 2. The van der Waals surface area contributed by atoms with Crippen LogP contribution >= 0.6 is 0 Å². The van der Waals surface area contributed by atoms with Crippen LogP contribution in [0.3, 0.4) is 0 Å². The molecule has 8 heteroatoms. The normalized spacial score (nSPS) is 16.9. The highest BCUT2D eigenvalue weighted by atomic mass is 32.2. The Morgan fingerprint density at radius 2 is 1.79 bits per heavy atom. The first-order chi connectivity index (χ1) is 11.2. The van der Waals surface area contributed by atoms with Gasteiger partial charge in [-0.25, -0.2) is 13.2 Å². The standard InChI is InChI=1S/C16H21N3O4S/c1-9(2)10(3)19(11-4-5-11)24(22,23)12-6-7-14-13(8-12)15(20)18-16(21)17-14/h6-11H,4-5H2,1-3H3,(H2,17,18,20,21). The average Bonchev–Trinajstić information content (AvgIpc) is 3.31. The van der Waals surface area contributed by atoms with Crippen LogP contribution in [-0.4, -0.2) is 34.8 Å². The molecule has 24 heavy (non-hydrogen) atoms. The summed E-state index contributed by atoms with van der Waals surface area (Å²) in [4.78, 5) is 28.0. The third kappa shape index (κ3) is 2.91. The monoisotopic (exact) mass is 351 g/mol. The van der Waals surface area contributed by atoms with Crippen LogP contribution in [0.2, 0.25) is 0 Å². The van der Waals surface area contributed by atoms with Gasteiger partial charge < -0.3 is 4.98 Å². The van der Waals surface area contributed by atoms with Crippen molar-refractivity contribution >= 4 is 20.9 Å². The third-order valence-corrected chi connectivity index (χ3v) is 6.59. The Morgan fingerprint density at radius 3 is 2.38 bits per heavy atom. The van der Waals surface area contributed by atoms with E-state index in [0.29, 0.717) is 5.52 Å². The molecule has 1 saturated carbocycles. The summed E-state index contributed by atoms with van der Waals surface area (Å²) >= 11 is 0. The van der Waals surface area contributed by atoms with Crippen LogP contribution in [-0.2, 0) is 10.0 Å². The van der Waals surface area contributed by atoms with E-state index in [0.717, 1.165) is 12.8 Å². The van der Waals surface area contributed by atoms with Crippen molar-refractivity contribution in [2.24, 2.45) is 5.92 Å². The van der Waals surface area contributed by atoms with Crippen LogP contribution in [0.4, 0.5) is 0 Å². The van der Waals surface area contributed by atoms with Crippen molar-refractivity contribution < 1.29 is 8.42 Å². The zero-order chi connectivity index (χ0) is 17.6. The van der Waals surface area contributed by atoms with Crippen molar-refractivity contribution in [3.63, 3.8) is 0 Å². The Morgan fingerprint density at radius 1 is 1.12 bits per heavy atom. The molecule has 0 bridgehead atoms. The van der Waals surface area contributed by atoms with Gasteiger partial charge in [0.15, 0.2) is 0 Å². The molecule has 1 aliphatic rings. The van der Waals surface area contributed by atoms with E-state index in [1.54, 1.807) is 4.31 Å². The molecule has 130 valence electrons. The number of sulfonamides is 1. The number of nitrogens with one attached hydrogen (secondary N) is 2. The highest BCUT2D eigenvalue weighted by Gasteiger charge is 2.41. The SMILES string of the molecule is CC(C)C(C)N(C1CC1)S(=O)(=O)c1ccc2[nH]c(=O)[nH]c(=O)c2c1. The van der Waals surface area contributed by atoms with Crippen LogP contribution in [0.5, 0.6) is 0 Å². The molecule has 1 unspecified atom stereocenters. The largest absolute Gasteiger partial charge is 0.326 e. The Kier molecular flexibility index (Phi) is 4.13. The summed E-state index contributed by atoms with van der Waals surface area (Å²) in [5, 5.41) is 0.156. The number of benzene rings is 1. The first-order valence-corrected chi connectivity index (χ1v) is 9.45. The maximum atomic E-state index is 13.1. The van der Waals surface area contributed by atoms with E-state index in [-0.39, 0.29) is 28.3 Å². The van der Waals surface area contributed by atoms with E-state index < -0.39 is 21.3 Å². The summed E-state index contributed by atoms with van der Waals surface area (Å²) in [5.74, 6) is 0.181. The lowest BCUT2D eigenvalue weighted by molar-refractivity contribution is 0.269. The zero-order valence-electron chi connectivity index (χ0n) is 13.9. The van der Waals surface area contributed by atoms with Gasteiger partial charge in [0, 0.05) is 12.1 Å². The molecule has 0 saturated heterocycles. The predicted octanol–water partition coefficient (Wildman–Crippen LogP) is 1.41. The minimum Gasteiger partial charge on any atom is -0.307 e. The molecule has 0 amide bonds. The summed E-state index contributed by atoms with van der Waals surface area (Å²) in [6.45, 7) is 5.89. The molecule has 1 atom stereocenters. The van der Waals surface area contributed by atoms with Gasteiger partial charge in [-0.15, -0.1) is 0 Å². The smallest absolute Gasteiger partial charge is 0.307 e. The number of nitrogens with zero attached hydrogens (tertiary/aromatic N) is 1. The van der Waals surface area contributed by atoms with E-state index in [4.69, 9.17) is 0 Å². The predicted molar refractivity (Wildman–Crippen MR) is 91.5 cm³/mol.